The van der Waals surface area contributed by atoms with Gasteiger partial charge in [-0.25, -0.2) is 0 Å². The predicted molar refractivity (Wildman–Crippen MR) is 87.4 cm³/mol. The first-order valence-electron chi connectivity index (χ1n) is 6.79. The summed E-state index contributed by atoms with van der Waals surface area (Å²) in [6.07, 6.45) is 0. The molecule has 0 heterocycles. The van der Waals surface area contributed by atoms with Gasteiger partial charge in [0.1, 0.15) is 5.75 Å². The van der Waals surface area contributed by atoms with E-state index in [-0.39, 0.29) is 6.04 Å². The Kier molecular flexibility index (Phi) is 5.21. The summed E-state index contributed by atoms with van der Waals surface area (Å²) in [5.74, 6) is 0.887. The second-order valence-corrected chi connectivity index (χ2v) is 5.68. The van der Waals surface area contributed by atoms with Gasteiger partial charge >= 0.3 is 0 Å². The molecule has 106 valence electrons. The quantitative estimate of drug-likeness (QED) is 0.871. The van der Waals surface area contributed by atoms with E-state index in [0.29, 0.717) is 0 Å². The minimum absolute atomic E-state index is 0.174. The van der Waals surface area contributed by atoms with Gasteiger partial charge in [-0.1, -0.05) is 41.1 Å². The highest BCUT2D eigenvalue weighted by Crippen LogP contribution is 2.29. The largest absolute Gasteiger partial charge is 0.497 e. The maximum absolute atomic E-state index is 5.34. The number of hydrogen-bond acceptors (Lipinski definition) is 2. The van der Waals surface area contributed by atoms with Crippen molar-refractivity contribution in [1.29, 1.82) is 0 Å². The number of halogens is 1. The third-order valence-electron chi connectivity index (χ3n) is 3.39. The zero-order valence-electron chi connectivity index (χ0n) is 12.1. The number of rotatable bonds is 5. The summed E-state index contributed by atoms with van der Waals surface area (Å²) < 4.78 is 6.44. The third kappa shape index (κ3) is 3.41. The smallest absolute Gasteiger partial charge is 0.119 e. The van der Waals surface area contributed by atoms with Gasteiger partial charge in [-0.2, -0.15) is 0 Å². The van der Waals surface area contributed by atoms with Gasteiger partial charge in [-0.15, -0.1) is 0 Å². The first-order valence-corrected chi connectivity index (χ1v) is 7.58. The molecule has 1 unspecified atom stereocenters. The molecule has 2 aromatic carbocycles. The summed E-state index contributed by atoms with van der Waals surface area (Å²) in [6.45, 7) is 5.18. The molecule has 0 amide bonds. The van der Waals surface area contributed by atoms with Crippen LogP contribution in [0, 0.1) is 6.92 Å². The fourth-order valence-corrected chi connectivity index (χ4v) is 2.73. The Morgan fingerprint density at radius 2 is 2.00 bits per heavy atom. The normalized spacial score (nSPS) is 12.2. The fourth-order valence-electron chi connectivity index (χ4n) is 2.35. The molecule has 0 fully saturated rings. The molecule has 0 bridgehead atoms. The summed E-state index contributed by atoms with van der Waals surface area (Å²) in [4.78, 5) is 0. The molecule has 2 rings (SSSR count). The van der Waals surface area contributed by atoms with Crippen LogP contribution in [-0.2, 0) is 0 Å². The minimum Gasteiger partial charge on any atom is -0.497 e. The Bertz CT molecular complexity index is 583. The summed E-state index contributed by atoms with van der Waals surface area (Å²) in [6, 6.07) is 14.8. The zero-order valence-corrected chi connectivity index (χ0v) is 13.7. The molecule has 1 N–H and O–H groups in total. The van der Waals surface area contributed by atoms with Crippen LogP contribution in [-0.4, -0.2) is 13.7 Å². The van der Waals surface area contributed by atoms with Crippen molar-refractivity contribution in [2.75, 3.05) is 13.7 Å². The van der Waals surface area contributed by atoms with E-state index in [9.17, 15) is 0 Å². The van der Waals surface area contributed by atoms with E-state index in [2.05, 4.69) is 65.4 Å². The van der Waals surface area contributed by atoms with Gasteiger partial charge in [-0.05, 0) is 54.4 Å². The lowest BCUT2D eigenvalue weighted by Crippen LogP contribution is -2.22. The third-order valence-corrected chi connectivity index (χ3v) is 3.88. The lowest BCUT2D eigenvalue weighted by atomic mass is 9.95. The van der Waals surface area contributed by atoms with E-state index < -0.39 is 0 Å². The van der Waals surface area contributed by atoms with Crippen LogP contribution in [0.1, 0.15) is 29.7 Å². The standard InChI is InChI=1S/C17H20BrNO/c1-4-19-17(13-6-5-7-15(10-13)20-3)16-11-14(18)9-8-12(16)2/h5-11,17,19H,4H2,1-3H3. The SMILES string of the molecule is CCNC(c1cccc(OC)c1)c1cc(Br)ccc1C. The van der Waals surface area contributed by atoms with E-state index >= 15 is 0 Å². The highest BCUT2D eigenvalue weighted by atomic mass is 79.9. The number of methoxy groups -OCH3 is 1. The topological polar surface area (TPSA) is 21.3 Å². The maximum atomic E-state index is 5.34. The fraction of sp³-hybridized carbons (Fsp3) is 0.294. The number of hydrogen-bond donors (Lipinski definition) is 1. The molecule has 0 saturated carbocycles. The molecule has 3 heteroatoms. The summed E-state index contributed by atoms with van der Waals surface area (Å²) >= 11 is 3.56. The van der Waals surface area contributed by atoms with E-state index in [1.54, 1.807) is 7.11 Å². The Labute approximate surface area is 129 Å². The van der Waals surface area contributed by atoms with Crippen molar-refractivity contribution in [3.8, 4) is 5.75 Å². The van der Waals surface area contributed by atoms with Gasteiger partial charge < -0.3 is 10.1 Å². The van der Waals surface area contributed by atoms with Crippen LogP contribution in [0.3, 0.4) is 0 Å². The van der Waals surface area contributed by atoms with Crippen molar-refractivity contribution in [2.45, 2.75) is 19.9 Å². The maximum Gasteiger partial charge on any atom is 0.119 e. The molecule has 0 radical (unpaired) electrons. The number of benzene rings is 2. The lowest BCUT2D eigenvalue weighted by molar-refractivity contribution is 0.413. The molecule has 2 nitrogen and oxygen atoms in total. The Morgan fingerprint density at radius 1 is 1.20 bits per heavy atom. The van der Waals surface area contributed by atoms with Crippen LogP contribution in [0.4, 0.5) is 0 Å². The molecule has 0 spiro atoms. The molecule has 2 aromatic rings. The first kappa shape index (κ1) is 15.1. The Morgan fingerprint density at radius 3 is 2.70 bits per heavy atom. The molecule has 20 heavy (non-hydrogen) atoms. The Hall–Kier alpha value is -1.32. The molecule has 0 saturated heterocycles. The van der Waals surface area contributed by atoms with Crippen LogP contribution in [0.2, 0.25) is 0 Å². The van der Waals surface area contributed by atoms with E-state index in [1.165, 1.54) is 16.7 Å². The first-order chi connectivity index (χ1) is 9.65. The van der Waals surface area contributed by atoms with Gasteiger partial charge in [0.25, 0.3) is 0 Å². The Balaban J connectivity index is 2.46. The summed E-state index contributed by atoms with van der Waals surface area (Å²) in [5, 5.41) is 3.56. The van der Waals surface area contributed by atoms with Crippen molar-refractivity contribution >= 4 is 15.9 Å². The number of aryl methyl sites for hydroxylation is 1. The van der Waals surface area contributed by atoms with Crippen LogP contribution in [0.15, 0.2) is 46.9 Å². The zero-order chi connectivity index (χ0) is 14.5. The highest BCUT2D eigenvalue weighted by molar-refractivity contribution is 9.10. The van der Waals surface area contributed by atoms with Crippen LogP contribution < -0.4 is 10.1 Å². The van der Waals surface area contributed by atoms with Crippen molar-refractivity contribution in [3.63, 3.8) is 0 Å². The van der Waals surface area contributed by atoms with E-state index in [4.69, 9.17) is 4.74 Å². The number of nitrogens with one attached hydrogen (secondary N) is 1. The van der Waals surface area contributed by atoms with E-state index in [1.807, 2.05) is 12.1 Å². The van der Waals surface area contributed by atoms with Crippen molar-refractivity contribution in [1.82, 2.24) is 5.32 Å². The summed E-state index contributed by atoms with van der Waals surface area (Å²) in [5.41, 5.74) is 3.78. The van der Waals surface area contributed by atoms with Crippen molar-refractivity contribution in [2.24, 2.45) is 0 Å². The van der Waals surface area contributed by atoms with Crippen LogP contribution in [0.25, 0.3) is 0 Å². The molecule has 0 aliphatic rings. The molecular formula is C17H20BrNO. The summed E-state index contributed by atoms with van der Waals surface area (Å²) in [7, 11) is 1.70. The second-order valence-electron chi connectivity index (χ2n) is 4.77. The van der Waals surface area contributed by atoms with Crippen molar-refractivity contribution < 1.29 is 4.74 Å². The molecule has 0 aliphatic carbocycles. The monoisotopic (exact) mass is 333 g/mol. The van der Waals surface area contributed by atoms with Gasteiger partial charge in [0.15, 0.2) is 0 Å². The molecule has 0 aliphatic heterocycles. The minimum atomic E-state index is 0.174. The van der Waals surface area contributed by atoms with Crippen LogP contribution in [0.5, 0.6) is 5.75 Å². The van der Waals surface area contributed by atoms with E-state index in [0.717, 1.165) is 16.8 Å². The average Bonchev–Trinajstić information content (AvgIpc) is 2.47. The van der Waals surface area contributed by atoms with Crippen LogP contribution >= 0.6 is 15.9 Å². The molecule has 0 aromatic heterocycles. The van der Waals surface area contributed by atoms with Crippen molar-refractivity contribution in [3.05, 3.63) is 63.6 Å². The second kappa shape index (κ2) is 6.91. The van der Waals surface area contributed by atoms with Gasteiger partial charge in [0.2, 0.25) is 0 Å². The average molecular weight is 334 g/mol. The lowest BCUT2D eigenvalue weighted by Gasteiger charge is -2.21. The molecule has 1 atom stereocenters. The predicted octanol–water partition coefficient (Wildman–Crippen LogP) is 4.47. The van der Waals surface area contributed by atoms with Gasteiger partial charge in [0.05, 0.1) is 13.2 Å². The molecular weight excluding hydrogens is 314 g/mol. The van der Waals surface area contributed by atoms with Gasteiger partial charge in [-0.3, -0.25) is 0 Å². The highest BCUT2D eigenvalue weighted by Gasteiger charge is 2.16. The van der Waals surface area contributed by atoms with Gasteiger partial charge in [0, 0.05) is 4.47 Å². The number of ether oxygens (including phenoxy) is 1.